The second kappa shape index (κ2) is 5.17. The molecule has 0 amide bonds. The summed E-state index contributed by atoms with van der Waals surface area (Å²) in [5.74, 6) is 0.399. The summed E-state index contributed by atoms with van der Waals surface area (Å²) in [6, 6.07) is 6.69. The van der Waals surface area contributed by atoms with E-state index in [1.54, 1.807) is 22.7 Å². The number of hydrogen-bond donors (Lipinski definition) is 0. The van der Waals surface area contributed by atoms with E-state index in [-0.39, 0.29) is 10.9 Å². The minimum Gasteiger partial charge on any atom is -0.496 e. The van der Waals surface area contributed by atoms with Crippen molar-refractivity contribution in [1.82, 2.24) is 14.6 Å². The van der Waals surface area contributed by atoms with Crippen LogP contribution in [0.1, 0.15) is 5.56 Å². The molecular formula is C14H9ClF3N3O. The molecule has 0 fully saturated rings. The van der Waals surface area contributed by atoms with Crippen LogP contribution < -0.4 is 4.74 Å². The molecule has 0 aliphatic heterocycles. The maximum absolute atomic E-state index is 12.8. The van der Waals surface area contributed by atoms with Gasteiger partial charge in [-0.05, 0) is 30.3 Å². The minimum absolute atomic E-state index is 0.0569. The van der Waals surface area contributed by atoms with Gasteiger partial charge in [0.25, 0.3) is 0 Å². The van der Waals surface area contributed by atoms with Gasteiger partial charge < -0.3 is 4.74 Å². The molecule has 0 N–H and O–H groups in total. The predicted molar refractivity (Wildman–Crippen MR) is 75.0 cm³/mol. The van der Waals surface area contributed by atoms with Gasteiger partial charge in [-0.1, -0.05) is 11.6 Å². The van der Waals surface area contributed by atoms with Crippen LogP contribution in [0.25, 0.3) is 16.9 Å². The summed E-state index contributed by atoms with van der Waals surface area (Å²) < 4.78 is 45.1. The predicted octanol–water partition coefficient (Wildman–Crippen LogP) is 4.08. The number of hydrogen-bond acceptors (Lipinski definition) is 3. The molecule has 2 heterocycles. The Balaban J connectivity index is 2.23. The fourth-order valence-electron chi connectivity index (χ4n) is 2.16. The fraction of sp³-hybridized carbons (Fsp3) is 0.143. The normalized spacial score (nSPS) is 11.9. The third-order valence-corrected chi connectivity index (χ3v) is 3.46. The van der Waals surface area contributed by atoms with Crippen molar-refractivity contribution in [2.24, 2.45) is 0 Å². The Morgan fingerprint density at radius 3 is 2.64 bits per heavy atom. The Morgan fingerprint density at radius 2 is 1.95 bits per heavy atom. The van der Waals surface area contributed by atoms with Crippen LogP contribution in [0.5, 0.6) is 5.75 Å². The van der Waals surface area contributed by atoms with Gasteiger partial charge in [-0.25, -0.2) is 0 Å². The van der Waals surface area contributed by atoms with Gasteiger partial charge in [0.05, 0.1) is 23.8 Å². The van der Waals surface area contributed by atoms with E-state index in [0.29, 0.717) is 16.9 Å². The number of aromatic nitrogens is 3. The molecule has 0 spiro atoms. The smallest absolute Gasteiger partial charge is 0.416 e. The third-order valence-electron chi connectivity index (χ3n) is 3.19. The van der Waals surface area contributed by atoms with Crippen molar-refractivity contribution in [3.8, 4) is 17.1 Å². The lowest BCUT2D eigenvalue weighted by atomic mass is 10.1. The molecular weight excluding hydrogens is 319 g/mol. The standard InChI is InChI=1S/C14H9ClF3N3O/c1-22-11-7-8(14(16,17)18)4-5-9(11)13-20-19-12(15)10-3-2-6-21(10)13/h2-7H,1H3. The zero-order chi connectivity index (χ0) is 15.9. The summed E-state index contributed by atoms with van der Waals surface area (Å²) >= 11 is 5.94. The molecule has 0 saturated carbocycles. The second-order valence-corrected chi connectivity index (χ2v) is 4.85. The molecule has 0 unspecified atom stereocenters. The van der Waals surface area contributed by atoms with E-state index in [1.165, 1.54) is 13.2 Å². The average molecular weight is 328 g/mol. The zero-order valence-corrected chi connectivity index (χ0v) is 12.0. The molecule has 0 radical (unpaired) electrons. The van der Waals surface area contributed by atoms with Gasteiger partial charge in [0.1, 0.15) is 5.75 Å². The van der Waals surface area contributed by atoms with Crippen molar-refractivity contribution >= 4 is 17.1 Å². The monoisotopic (exact) mass is 327 g/mol. The molecule has 0 aliphatic rings. The first-order valence-electron chi connectivity index (χ1n) is 6.16. The summed E-state index contributed by atoms with van der Waals surface area (Å²) in [6.07, 6.45) is -2.75. The Kier molecular flexibility index (Phi) is 3.44. The number of alkyl halides is 3. The van der Waals surface area contributed by atoms with Crippen molar-refractivity contribution in [3.63, 3.8) is 0 Å². The largest absolute Gasteiger partial charge is 0.496 e. The van der Waals surface area contributed by atoms with Crippen LogP contribution in [-0.4, -0.2) is 21.7 Å². The van der Waals surface area contributed by atoms with Crippen molar-refractivity contribution < 1.29 is 17.9 Å². The number of methoxy groups -OCH3 is 1. The Hall–Kier alpha value is -2.28. The molecule has 0 atom stereocenters. The molecule has 114 valence electrons. The molecule has 0 bridgehead atoms. The average Bonchev–Trinajstić information content (AvgIpc) is 2.96. The molecule has 3 aromatic rings. The molecule has 3 rings (SSSR count). The number of fused-ring (bicyclic) bond motifs is 1. The van der Waals surface area contributed by atoms with E-state index >= 15 is 0 Å². The van der Waals surface area contributed by atoms with Gasteiger partial charge >= 0.3 is 6.18 Å². The van der Waals surface area contributed by atoms with Gasteiger partial charge in [-0.2, -0.15) is 13.2 Å². The van der Waals surface area contributed by atoms with Crippen molar-refractivity contribution in [2.45, 2.75) is 6.18 Å². The van der Waals surface area contributed by atoms with Gasteiger partial charge in [0.15, 0.2) is 11.0 Å². The highest BCUT2D eigenvalue weighted by atomic mass is 35.5. The van der Waals surface area contributed by atoms with Gasteiger partial charge in [-0.15, -0.1) is 10.2 Å². The zero-order valence-electron chi connectivity index (χ0n) is 11.2. The van der Waals surface area contributed by atoms with Crippen LogP contribution >= 0.6 is 11.6 Å². The molecule has 0 saturated heterocycles. The van der Waals surface area contributed by atoms with Crippen molar-refractivity contribution in [2.75, 3.05) is 7.11 Å². The van der Waals surface area contributed by atoms with Crippen LogP contribution in [0.15, 0.2) is 36.5 Å². The summed E-state index contributed by atoms with van der Waals surface area (Å²) in [6.45, 7) is 0. The lowest BCUT2D eigenvalue weighted by molar-refractivity contribution is -0.137. The highest BCUT2D eigenvalue weighted by Gasteiger charge is 2.31. The van der Waals surface area contributed by atoms with Crippen molar-refractivity contribution in [3.05, 3.63) is 47.2 Å². The SMILES string of the molecule is COc1cc(C(F)(F)F)ccc1-c1nnc(Cl)c2cccn12. The van der Waals surface area contributed by atoms with Crippen LogP contribution in [0.2, 0.25) is 5.15 Å². The van der Waals surface area contributed by atoms with E-state index in [4.69, 9.17) is 16.3 Å². The number of nitrogens with zero attached hydrogens (tertiary/aromatic N) is 3. The Labute approximate surface area is 128 Å². The van der Waals surface area contributed by atoms with Crippen LogP contribution in [0.3, 0.4) is 0 Å². The minimum atomic E-state index is -4.44. The summed E-state index contributed by atoms with van der Waals surface area (Å²) in [7, 11) is 1.30. The molecule has 22 heavy (non-hydrogen) atoms. The van der Waals surface area contributed by atoms with E-state index in [9.17, 15) is 13.2 Å². The quantitative estimate of drug-likeness (QED) is 0.712. The van der Waals surface area contributed by atoms with Gasteiger partial charge in [-0.3, -0.25) is 4.40 Å². The van der Waals surface area contributed by atoms with E-state index in [2.05, 4.69) is 10.2 Å². The fourth-order valence-corrected chi connectivity index (χ4v) is 2.35. The first-order chi connectivity index (χ1) is 10.4. The van der Waals surface area contributed by atoms with Crippen LogP contribution in [-0.2, 0) is 6.18 Å². The first-order valence-corrected chi connectivity index (χ1v) is 6.54. The molecule has 8 heteroatoms. The molecule has 4 nitrogen and oxygen atoms in total. The highest BCUT2D eigenvalue weighted by molar-refractivity contribution is 6.32. The summed E-state index contributed by atoms with van der Waals surface area (Å²) in [4.78, 5) is 0. The number of benzene rings is 1. The molecule has 2 aromatic heterocycles. The lowest BCUT2D eigenvalue weighted by Crippen LogP contribution is -2.06. The maximum Gasteiger partial charge on any atom is 0.416 e. The Bertz CT molecular complexity index is 845. The first kappa shape index (κ1) is 14.6. The topological polar surface area (TPSA) is 39.4 Å². The number of ether oxygens (including phenoxy) is 1. The summed E-state index contributed by atoms with van der Waals surface area (Å²) in [5.41, 5.74) is 0.202. The Morgan fingerprint density at radius 1 is 1.18 bits per heavy atom. The number of halogens is 4. The maximum atomic E-state index is 12.8. The van der Waals surface area contributed by atoms with Gasteiger partial charge in [0, 0.05) is 6.20 Å². The van der Waals surface area contributed by atoms with E-state index in [1.807, 2.05) is 0 Å². The van der Waals surface area contributed by atoms with Crippen molar-refractivity contribution in [1.29, 1.82) is 0 Å². The highest BCUT2D eigenvalue weighted by Crippen LogP contribution is 2.36. The molecule has 0 aliphatic carbocycles. The van der Waals surface area contributed by atoms with Gasteiger partial charge in [0.2, 0.25) is 0 Å². The third kappa shape index (κ3) is 2.37. The van der Waals surface area contributed by atoms with E-state index < -0.39 is 11.7 Å². The van der Waals surface area contributed by atoms with E-state index in [0.717, 1.165) is 12.1 Å². The number of rotatable bonds is 2. The van der Waals surface area contributed by atoms with Crippen LogP contribution in [0.4, 0.5) is 13.2 Å². The second-order valence-electron chi connectivity index (χ2n) is 4.49. The van der Waals surface area contributed by atoms with Crippen LogP contribution in [0, 0.1) is 0 Å². The summed E-state index contributed by atoms with van der Waals surface area (Å²) in [5, 5.41) is 8.00. The lowest BCUT2D eigenvalue weighted by Gasteiger charge is -2.13. The molecule has 1 aromatic carbocycles.